The molecule has 0 bridgehead atoms. The van der Waals surface area contributed by atoms with E-state index in [-0.39, 0.29) is 12.2 Å². The van der Waals surface area contributed by atoms with E-state index in [2.05, 4.69) is 5.32 Å². The van der Waals surface area contributed by atoms with Gasteiger partial charge in [-0.05, 0) is 81.7 Å². The van der Waals surface area contributed by atoms with Crippen LogP contribution >= 0.6 is 11.3 Å². The summed E-state index contributed by atoms with van der Waals surface area (Å²) < 4.78 is 5.24. The molecule has 1 heterocycles. The van der Waals surface area contributed by atoms with E-state index in [4.69, 9.17) is 4.74 Å². The number of thiophene rings is 1. The molecule has 1 aromatic heterocycles. The number of benzene rings is 1. The third-order valence-corrected chi connectivity index (χ3v) is 6.48. The molecular formula is C24H26N2O3S. The normalized spacial score (nSPS) is 13.4. The van der Waals surface area contributed by atoms with Crippen LogP contribution in [-0.2, 0) is 22.4 Å². The Bertz CT molecular complexity index is 1050. The number of nitriles is 1. The van der Waals surface area contributed by atoms with Gasteiger partial charge < -0.3 is 10.1 Å². The fourth-order valence-electron chi connectivity index (χ4n) is 3.96. The fourth-order valence-corrected chi connectivity index (χ4v) is 5.23. The number of aryl methyl sites for hydroxylation is 4. The molecule has 1 N–H and O–H groups in total. The molecule has 156 valence electrons. The van der Waals surface area contributed by atoms with Crippen molar-refractivity contribution in [1.82, 2.24) is 0 Å². The highest BCUT2D eigenvalue weighted by Crippen LogP contribution is 2.38. The van der Waals surface area contributed by atoms with Crippen molar-refractivity contribution in [3.63, 3.8) is 0 Å². The number of hydrogen-bond acceptors (Lipinski definition) is 5. The molecule has 0 saturated heterocycles. The van der Waals surface area contributed by atoms with E-state index in [9.17, 15) is 14.9 Å². The van der Waals surface area contributed by atoms with Gasteiger partial charge in [0.1, 0.15) is 16.6 Å². The Kier molecular flexibility index (Phi) is 6.73. The minimum atomic E-state index is -0.513. The maximum Gasteiger partial charge on any atom is 0.341 e. The van der Waals surface area contributed by atoms with Gasteiger partial charge in [-0.1, -0.05) is 17.7 Å². The monoisotopic (exact) mass is 422 g/mol. The molecule has 2 aromatic rings. The first-order valence-electron chi connectivity index (χ1n) is 10.2. The quantitative estimate of drug-likeness (QED) is 0.404. The molecule has 1 aliphatic rings. The van der Waals surface area contributed by atoms with Crippen LogP contribution in [0.25, 0.3) is 6.08 Å². The van der Waals surface area contributed by atoms with Crippen molar-refractivity contribution in [3.8, 4) is 6.07 Å². The molecule has 0 fully saturated rings. The molecule has 30 heavy (non-hydrogen) atoms. The average molecular weight is 423 g/mol. The van der Waals surface area contributed by atoms with Crippen molar-refractivity contribution in [2.24, 2.45) is 0 Å². The molecule has 1 aliphatic carbocycles. The van der Waals surface area contributed by atoms with Gasteiger partial charge >= 0.3 is 5.97 Å². The van der Waals surface area contributed by atoms with Crippen LogP contribution in [-0.4, -0.2) is 18.5 Å². The lowest BCUT2D eigenvalue weighted by atomic mass is 9.95. The van der Waals surface area contributed by atoms with Crippen molar-refractivity contribution in [3.05, 3.63) is 56.0 Å². The number of rotatable bonds is 5. The molecule has 0 unspecified atom stereocenters. The first-order valence-corrected chi connectivity index (χ1v) is 11.0. The molecule has 5 nitrogen and oxygen atoms in total. The van der Waals surface area contributed by atoms with Gasteiger partial charge in [0.05, 0.1) is 12.2 Å². The van der Waals surface area contributed by atoms with Crippen LogP contribution in [0.1, 0.15) is 62.8 Å². The highest BCUT2D eigenvalue weighted by atomic mass is 32.1. The zero-order chi connectivity index (χ0) is 21.8. The van der Waals surface area contributed by atoms with Gasteiger partial charge in [-0.3, -0.25) is 4.79 Å². The summed E-state index contributed by atoms with van der Waals surface area (Å²) in [6, 6.07) is 6.06. The first-order chi connectivity index (χ1) is 14.3. The molecule has 1 amide bonds. The lowest BCUT2D eigenvalue weighted by Gasteiger charge is -2.12. The van der Waals surface area contributed by atoms with E-state index in [1.54, 1.807) is 13.0 Å². The summed E-state index contributed by atoms with van der Waals surface area (Å²) in [5.74, 6) is -0.930. The SMILES string of the molecule is CCOC(=O)c1c(NC(=O)/C(C#N)=C\c2c(C)cc(C)cc2C)sc2c1CCCC2. The molecule has 0 saturated carbocycles. The Balaban J connectivity index is 1.96. The molecular weight excluding hydrogens is 396 g/mol. The average Bonchev–Trinajstić information content (AvgIpc) is 3.05. The smallest absolute Gasteiger partial charge is 0.341 e. The molecule has 0 atom stereocenters. The van der Waals surface area contributed by atoms with Gasteiger partial charge in [-0.25, -0.2) is 4.79 Å². The molecule has 0 spiro atoms. The van der Waals surface area contributed by atoms with Gasteiger partial charge in [-0.15, -0.1) is 11.3 Å². The fraction of sp³-hybridized carbons (Fsp3) is 0.375. The predicted molar refractivity (Wildman–Crippen MR) is 120 cm³/mol. The van der Waals surface area contributed by atoms with Crippen LogP contribution in [0, 0.1) is 32.1 Å². The Labute approximate surface area is 181 Å². The van der Waals surface area contributed by atoms with Gasteiger partial charge in [-0.2, -0.15) is 5.26 Å². The van der Waals surface area contributed by atoms with Crippen molar-refractivity contribution >= 4 is 34.3 Å². The van der Waals surface area contributed by atoms with Crippen LogP contribution < -0.4 is 5.32 Å². The summed E-state index contributed by atoms with van der Waals surface area (Å²) >= 11 is 1.42. The Morgan fingerprint density at radius 1 is 1.20 bits per heavy atom. The highest BCUT2D eigenvalue weighted by Gasteiger charge is 2.27. The van der Waals surface area contributed by atoms with Gasteiger partial charge in [0.15, 0.2) is 0 Å². The number of nitrogens with one attached hydrogen (secondary N) is 1. The minimum absolute atomic E-state index is 0.00577. The van der Waals surface area contributed by atoms with Crippen molar-refractivity contribution in [1.29, 1.82) is 5.26 Å². The third-order valence-electron chi connectivity index (χ3n) is 5.27. The number of amides is 1. The number of esters is 1. The zero-order valence-electron chi connectivity index (χ0n) is 17.8. The number of carbonyl (C=O) groups is 2. The summed E-state index contributed by atoms with van der Waals surface area (Å²) in [6.45, 7) is 7.97. The predicted octanol–water partition coefficient (Wildman–Crippen LogP) is 5.27. The van der Waals surface area contributed by atoms with Gasteiger partial charge in [0, 0.05) is 4.88 Å². The van der Waals surface area contributed by atoms with Gasteiger partial charge in [0.2, 0.25) is 0 Å². The van der Waals surface area contributed by atoms with Crippen molar-refractivity contribution in [2.75, 3.05) is 11.9 Å². The van der Waals surface area contributed by atoms with E-state index in [1.165, 1.54) is 11.3 Å². The first kappa shape index (κ1) is 21.8. The lowest BCUT2D eigenvalue weighted by Crippen LogP contribution is -2.16. The molecule has 0 aliphatic heterocycles. The van der Waals surface area contributed by atoms with Crippen molar-refractivity contribution in [2.45, 2.75) is 53.4 Å². The summed E-state index contributed by atoms with van der Waals surface area (Å²) in [5.41, 5.74) is 5.44. The summed E-state index contributed by atoms with van der Waals surface area (Å²) in [5, 5.41) is 12.9. The Morgan fingerprint density at radius 2 is 1.87 bits per heavy atom. The topological polar surface area (TPSA) is 79.2 Å². The number of carbonyl (C=O) groups excluding carboxylic acids is 2. The second-order valence-electron chi connectivity index (χ2n) is 7.57. The third kappa shape index (κ3) is 4.47. The Hall–Kier alpha value is -2.91. The highest BCUT2D eigenvalue weighted by molar-refractivity contribution is 7.17. The van der Waals surface area contributed by atoms with Crippen LogP contribution in [0.2, 0.25) is 0 Å². The van der Waals surface area contributed by atoms with Crippen LogP contribution in [0.5, 0.6) is 0 Å². The molecule has 0 radical (unpaired) electrons. The van der Waals surface area contributed by atoms with Crippen LogP contribution in [0.4, 0.5) is 5.00 Å². The summed E-state index contributed by atoms with van der Waals surface area (Å²) in [4.78, 5) is 26.6. The number of hydrogen-bond donors (Lipinski definition) is 1. The molecule has 3 rings (SSSR count). The molecule has 1 aromatic carbocycles. The van der Waals surface area contributed by atoms with E-state index in [0.717, 1.165) is 58.4 Å². The van der Waals surface area contributed by atoms with E-state index in [1.807, 2.05) is 39.0 Å². The largest absolute Gasteiger partial charge is 0.462 e. The number of fused-ring (bicyclic) bond motifs is 1. The molecule has 6 heteroatoms. The minimum Gasteiger partial charge on any atom is -0.462 e. The maximum absolute atomic E-state index is 12.9. The van der Waals surface area contributed by atoms with E-state index >= 15 is 0 Å². The van der Waals surface area contributed by atoms with Crippen molar-refractivity contribution < 1.29 is 14.3 Å². The number of ether oxygens (including phenoxy) is 1. The summed E-state index contributed by atoms with van der Waals surface area (Å²) in [7, 11) is 0. The second kappa shape index (κ2) is 9.27. The standard InChI is InChI=1S/C24H26N2O3S/c1-5-29-24(28)21-18-8-6-7-9-20(18)30-23(21)26-22(27)17(13-25)12-19-15(3)10-14(2)11-16(19)4/h10-12H,5-9H2,1-4H3,(H,26,27)/b17-12-. The maximum atomic E-state index is 12.9. The number of nitrogens with zero attached hydrogens (tertiary/aromatic N) is 1. The number of anilines is 1. The van der Waals surface area contributed by atoms with E-state index in [0.29, 0.717) is 10.6 Å². The van der Waals surface area contributed by atoms with Crippen LogP contribution in [0.15, 0.2) is 17.7 Å². The van der Waals surface area contributed by atoms with Gasteiger partial charge in [0.25, 0.3) is 5.91 Å². The zero-order valence-corrected chi connectivity index (χ0v) is 18.7. The van der Waals surface area contributed by atoms with E-state index < -0.39 is 11.9 Å². The second-order valence-corrected chi connectivity index (χ2v) is 8.68. The summed E-state index contributed by atoms with van der Waals surface area (Å²) in [6.07, 6.45) is 5.40. The van der Waals surface area contributed by atoms with Crippen LogP contribution in [0.3, 0.4) is 0 Å². The lowest BCUT2D eigenvalue weighted by molar-refractivity contribution is -0.112. The Morgan fingerprint density at radius 3 is 2.50 bits per heavy atom.